The predicted octanol–water partition coefficient (Wildman–Crippen LogP) is 3.18. The number of aromatic amines is 1. The Labute approximate surface area is 137 Å². The van der Waals surface area contributed by atoms with E-state index >= 15 is 0 Å². The highest BCUT2D eigenvalue weighted by molar-refractivity contribution is 5.83. The summed E-state index contributed by atoms with van der Waals surface area (Å²) in [5.74, 6) is 0.442. The average molecular weight is 325 g/mol. The molecule has 2 aliphatic rings. The Balaban J connectivity index is 1.65. The molecule has 3 heterocycles. The Morgan fingerprint density at radius 1 is 1.38 bits per heavy atom. The quantitative estimate of drug-likeness (QED) is 0.787. The molecule has 0 spiro atoms. The lowest BCUT2D eigenvalue weighted by molar-refractivity contribution is -0.135. The molecule has 0 bridgehead atoms. The van der Waals surface area contributed by atoms with Gasteiger partial charge in [-0.05, 0) is 25.0 Å². The second-order valence-electron chi connectivity index (χ2n) is 6.53. The number of rotatable bonds is 2. The van der Waals surface area contributed by atoms with Crippen molar-refractivity contribution in [3.8, 4) is 0 Å². The highest BCUT2D eigenvalue weighted by atomic mass is 19.1. The van der Waals surface area contributed by atoms with Crippen LogP contribution in [0.4, 0.5) is 4.39 Å². The maximum Gasteiger partial charge on any atom is 0.226 e. The number of amides is 1. The van der Waals surface area contributed by atoms with Gasteiger partial charge in [0.1, 0.15) is 11.8 Å². The van der Waals surface area contributed by atoms with Crippen LogP contribution in [0.3, 0.4) is 0 Å². The topological polar surface area (TPSA) is 62.1 Å². The third-order valence-electron chi connectivity index (χ3n) is 4.92. The van der Waals surface area contributed by atoms with Crippen LogP contribution in [0.1, 0.15) is 36.0 Å². The Morgan fingerprint density at radius 2 is 2.25 bits per heavy atom. The van der Waals surface area contributed by atoms with Gasteiger partial charge in [0.2, 0.25) is 5.91 Å². The van der Waals surface area contributed by atoms with Crippen LogP contribution in [0.15, 0.2) is 35.0 Å². The predicted molar refractivity (Wildman–Crippen MR) is 84.7 cm³/mol. The van der Waals surface area contributed by atoms with Crippen LogP contribution < -0.4 is 0 Å². The SMILES string of the molecule is O=C(C1CC1)N1CCc2[nH]cnc2[C@@H]1c1cc2cccc(F)c2o1. The van der Waals surface area contributed by atoms with Gasteiger partial charge < -0.3 is 14.3 Å². The molecule has 0 unspecified atom stereocenters. The highest BCUT2D eigenvalue weighted by Gasteiger charge is 2.41. The molecule has 5 rings (SSSR count). The molecule has 1 N–H and O–H groups in total. The van der Waals surface area contributed by atoms with Crippen molar-refractivity contribution in [1.82, 2.24) is 14.9 Å². The van der Waals surface area contributed by atoms with Crippen molar-refractivity contribution < 1.29 is 13.6 Å². The van der Waals surface area contributed by atoms with Gasteiger partial charge in [-0.3, -0.25) is 4.79 Å². The molecule has 1 saturated carbocycles. The van der Waals surface area contributed by atoms with E-state index in [1.54, 1.807) is 12.4 Å². The fraction of sp³-hybridized carbons (Fsp3) is 0.333. The average Bonchev–Trinajstić information content (AvgIpc) is 3.16. The summed E-state index contributed by atoms with van der Waals surface area (Å²) in [6.45, 7) is 0.620. The van der Waals surface area contributed by atoms with Crippen LogP contribution >= 0.6 is 0 Å². The van der Waals surface area contributed by atoms with Crippen molar-refractivity contribution in [3.63, 3.8) is 0 Å². The number of hydrogen-bond donors (Lipinski definition) is 1. The van der Waals surface area contributed by atoms with E-state index in [0.717, 1.165) is 30.7 Å². The third-order valence-corrected chi connectivity index (χ3v) is 4.92. The maximum absolute atomic E-state index is 14.0. The molecule has 6 heteroatoms. The molecule has 1 fully saturated rings. The number of benzene rings is 1. The highest BCUT2D eigenvalue weighted by Crippen LogP contribution is 2.40. The normalized spacial score (nSPS) is 20.4. The summed E-state index contributed by atoms with van der Waals surface area (Å²) >= 11 is 0. The van der Waals surface area contributed by atoms with Gasteiger partial charge in [0.15, 0.2) is 11.4 Å². The van der Waals surface area contributed by atoms with Gasteiger partial charge in [-0.1, -0.05) is 12.1 Å². The van der Waals surface area contributed by atoms with E-state index in [1.165, 1.54) is 6.07 Å². The molecule has 0 saturated heterocycles. The number of H-pyrrole nitrogens is 1. The second-order valence-corrected chi connectivity index (χ2v) is 6.53. The van der Waals surface area contributed by atoms with Gasteiger partial charge in [-0.2, -0.15) is 0 Å². The van der Waals surface area contributed by atoms with Crippen LogP contribution in [0.2, 0.25) is 0 Å². The van der Waals surface area contributed by atoms with Gasteiger partial charge >= 0.3 is 0 Å². The van der Waals surface area contributed by atoms with Crippen LogP contribution in [-0.4, -0.2) is 27.3 Å². The van der Waals surface area contributed by atoms with E-state index in [9.17, 15) is 9.18 Å². The zero-order chi connectivity index (χ0) is 16.3. The van der Waals surface area contributed by atoms with Crippen molar-refractivity contribution in [2.75, 3.05) is 6.54 Å². The molecule has 3 aromatic rings. The number of carbonyl (C=O) groups excluding carboxylic acids is 1. The van der Waals surface area contributed by atoms with Crippen molar-refractivity contribution in [3.05, 3.63) is 53.6 Å². The number of para-hydroxylation sites is 1. The van der Waals surface area contributed by atoms with E-state index in [1.807, 2.05) is 17.0 Å². The van der Waals surface area contributed by atoms with E-state index in [4.69, 9.17) is 4.42 Å². The lowest BCUT2D eigenvalue weighted by Crippen LogP contribution is -2.41. The van der Waals surface area contributed by atoms with Crippen LogP contribution in [-0.2, 0) is 11.2 Å². The van der Waals surface area contributed by atoms with Crippen molar-refractivity contribution in [1.29, 1.82) is 0 Å². The summed E-state index contributed by atoms with van der Waals surface area (Å²) in [5.41, 5.74) is 2.05. The first-order valence-electron chi connectivity index (χ1n) is 8.23. The minimum Gasteiger partial charge on any atom is -0.455 e. The van der Waals surface area contributed by atoms with E-state index < -0.39 is 5.82 Å². The number of nitrogens with zero attached hydrogens (tertiary/aromatic N) is 2. The molecule has 1 aliphatic heterocycles. The van der Waals surface area contributed by atoms with Gasteiger partial charge in [-0.25, -0.2) is 9.37 Å². The summed E-state index contributed by atoms with van der Waals surface area (Å²) in [6, 6.07) is 6.28. The Hall–Kier alpha value is -2.63. The molecule has 5 nitrogen and oxygen atoms in total. The second kappa shape index (κ2) is 4.93. The van der Waals surface area contributed by atoms with Gasteiger partial charge in [0.25, 0.3) is 0 Å². The summed E-state index contributed by atoms with van der Waals surface area (Å²) < 4.78 is 19.8. The Morgan fingerprint density at radius 3 is 3.04 bits per heavy atom. The maximum atomic E-state index is 14.0. The zero-order valence-corrected chi connectivity index (χ0v) is 13.0. The first-order chi connectivity index (χ1) is 11.7. The summed E-state index contributed by atoms with van der Waals surface area (Å²) in [4.78, 5) is 22.1. The smallest absolute Gasteiger partial charge is 0.226 e. The molecule has 1 aliphatic carbocycles. The monoisotopic (exact) mass is 325 g/mol. The van der Waals surface area contributed by atoms with Crippen molar-refractivity contribution in [2.45, 2.75) is 25.3 Å². The number of nitrogens with one attached hydrogen (secondary N) is 1. The number of halogens is 1. The standard InChI is InChI=1S/C18H16FN3O2/c19-12-3-1-2-11-8-14(24-17(11)12)16-15-13(20-9-21-15)6-7-22(16)18(23)10-4-5-10/h1-3,8-10,16H,4-7H2,(H,20,21)/t16-/m0/s1. The summed E-state index contributed by atoms with van der Waals surface area (Å²) in [6.07, 6.45) is 4.29. The molecule has 1 atom stereocenters. The largest absolute Gasteiger partial charge is 0.455 e. The van der Waals surface area contributed by atoms with Gasteiger partial charge in [-0.15, -0.1) is 0 Å². The first kappa shape index (κ1) is 13.8. The lowest BCUT2D eigenvalue weighted by atomic mass is 9.99. The molecule has 122 valence electrons. The minimum atomic E-state index is -0.392. The summed E-state index contributed by atoms with van der Waals surface area (Å²) in [5, 5.41) is 0.700. The Kier molecular flexibility index (Phi) is 2.83. The molecular formula is C18H16FN3O2. The first-order valence-corrected chi connectivity index (χ1v) is 8.23. The Bertz CT molecular complexity index is 941. The van der Waals surface area contributed by atoms with Gasteiger partial charge in [0.05, 0.1) is 12.0 Å². The zero-order valence-electron chi connectivity index (χ0n) is 13.0. The number of furan rings is 1. The van der Waals surface area contributed by atoms with E-state index in [2.05, 4.69) is 9.97 Å². The van der Waals surface area contributed by atoms with Crippen molar-refractivity contribution >= 4 is 16.9 Å². The fourth-order valence-electron chi connectivity index (χ4n) is 3.55. The molecule has 1 aromatic carbocycles. The molecule has 2 aromatic heterocycles. The summed E-state index contributed by atoms with van der Waals surface area (Å²) in [7, 11) is 0. The van der Waals surface area contributed by atoms with E-state index in [0.29, 0.717) is 17.7 Å². The number of aromatic nitrogens is 2. The molecule has 24 heavy (non-hydrogen) atoms. The lowest BCUT2D eigenvalue weighted by Gasteiger charge is -2.33. The number of imidazole rings is 1. The van der Waals surface area contributed by atoms with Crippen LogP contribution in [0, 0.1) is 11.7 Å². The van der Waals surface area contributed by atoms with Crippen LogP contribution in [0.25, 0.3) is 11.0 Å². The van der Waals surface area contributed by atoms with Gasteiger partial charge in [0, 0.05) is 30.0 Å². The molecule has 0 radical (unpaired) electrons. The van der Waals surface area contributed by atoms with Crippen molar-refractivity contribution in [2.24, 2.45) is 5.92 Å². The van der Waals surface area contributed by atoms with E-state index in [-0.39, 0.29) is 23.4 Å². The number of carbonyl (C=O) groups is 1. The third kappa shape index (κ3) is 1.99. The van der Waals surface area contributed by atoms with Crippen LogP contribution in [0.5, 0.6) is 0 Å². The minimum absolute atomic E-state index is 0.120. The molecular weight excluding hydrogens is 309 g/mol. The number of fused-ring (bicyclic) bond motifs is 2. The number of hydrogen-bond acceptors (Lipinski definition) is 3. The molecule has 1 amide bonds. The fourth-order valence-corrected chi connectivity index (χ4v) is 3.55.